The fourth-order valence-corrected chi connectivity index (χ4v) is 2.63. The standard InChI is InChI=1S/C16H17N5O4/c22-12(7-4-8-14(24)25)17-15-19-16-18-13(23)9-11(21(16)20-15)10-5-2-1-3-6-10/h1-3,5-6,11H,4,7-9H2,(H,24,25)(H2,17,18,19,20,22,23)/p-1/t11-/m1/s1. The van der Waals surface area contributed by atoms with Crippen molar-refractivity contribution in [1.82, 2.24) is 14.8 Å². The van der Waals surface area contributed by atoms with Crippen molar-refractivity contribution >= 4 is 29.7 Å². The van der Waals surface area contributed by atoms with Crippen LogP contribution in [0.15, 0.2) is 30.3 Å². The van der Waals surface area contributed by atoms with Crippen molar-refractivity contribution < 1.29 is 19.5 Å². The molecule has 2 amide bonds. The number of nitrogens with zero attached hydrogens (tertiary/aromatic N) is 3. The topological polar surface area (TPSA) is 129 Å². The zero-order valence-electron chi connectivity index (χ0n) is 13.3. The molecular weight excluding hydrogens is 326 g/mol. The maximum absolute atomic E-state index is 11.9. The number of amides is 2. The highest BCUT2D eigenvalue weighted by molar-refractivity contribution is 5.92. The van der Waals surface area contributed by atoms with Gasteiger partial charge in [-0.3, -0.25) is 20.2 Å². The van der Waals surface area contributed by atoms with Gasteiger partial charge in [-0.15, -0.1) is 5.10 Å². The molecule has 1 aliphatic heterocycles. The number of aromatic nitrogens is 3. The Morgan fingerprint density at radius 2 is 2.04 bits per heavy atom. The van der Waals surface area contributed by atoms with E-state index in [0.717, 1.165) is 5.56 Å². The third-order valence-electron chi connectivity index (χ3n) is 3.78. The van der Waals surface area contributed by atoms with Crippen molar-refractivity contribution in [2.75, 3.05) is 10.6 Å². The van der Waals surface area contributed by atoms with E-state index < -0.39 is 11.9 Å². The predicted octanol–water partition coefficient (Wildman–Crippen LogP) is 0.0684. The van der Waals surface area contributed by atoms with Crippen LogP contribution in [-0.2, 0) is 14.4 Å². The van der Waals surface area contributed by atoms with Gasteiger partial charge in [0.15, 0.2) is 0 Å². The number of carboxylic acids is 1. The van der Waals surface area contributed by atoms with Gasteiger partial charge in [0.05, 0.1) is 12.5 Å². The highest BCUT2D eigenvalue weighted by Gasteiger charge is 2.29. The summed E-state index contributed by atoms with van der Waals surface area (Å²) in [6.45, 7) is 0. The molecule has 25 heavy (non-hydrogen) atoms. The molecule has 130 valence electrons. The summed E-state index contributed by atoms with van der Waals surface area (Å²) in [5.41, 5.74) is 0.912. The summed E-state index contributed by atoms with van der Waals surface area (Å²) in [5, 5.41) is 19.8. The number of aliphatic carboxylic acids is 1. The van der Waals surface area contributed by atoms with E-state index in [9.17, 15) is 19.5 Å². The number of hydrogen-bond donors (Lipinski definition) is 2. The van der Waals surface area contributed by atoms with Crippen molar-refractivity contribution in [3.8, 4) is 0 Å². The first-order valence-corrected chi connectivity index (χ1v) is 7.84. The summed E-state index contributed by atoms with van der Waals surface area (Å²) in [6.07, 6.45) is 0.226. The first-order valence-electron chi connectivity index (χ1n) is 7.84. The molecule has 0 bridgehead atoms. The summed E-state index contributed by atoms with van der Waals surface area (Å²) in [6, 6.07) is 9.12. The van der Waals surface area contributed by atoms with E-state index in [2.05, 4.69) is 20.7 Å². The van der Waals surface area contributed by atoms with E-state index in [1.807, 2.05) is 30.3 Å². The molecule has 1 aromatic heterocycles. The highest BCUT2D eigenvalue weighted by atomic mass is 16.4. The van der Waals surface area contributed by atoms with Crippen LogP contribution in [0.4, 0.5) is 11.9 Å². The van der Waals surface area contributed by atoms with Gasteiger partial charge in [0.2, 0.25) is 17.8 Å². The molecule has 0 saturated heterocycles. The Balaban J connectivity index is 1.74. The van der Waals surface area contributed by atoms with E-state index in [-0.39, 0.29) is 49.5 Å². The van der Waals surface area contributed by atoms with E-state index in [0.29, 0.717) is 0 Å². The Morgan fingerprint density at radius 3 is 2.76 bits per heavy atom. The normalized spacial score (nSPS) is 16.0. The number of nitrogens with one attached hydrogen (secondary N) is 2. The summed E-state index contributed by atoms with van der Waals surface area (Å²) in [4.78, 5) is 38.2. The lowest BCUT2D eigenvalue weighted by atomic mass is 10.0. The van der Waals surface area contributed by atoms with Crippen LogP contribution in [0.25, 0.3) is 0 Å². The lowest BCUT2D eigenvalue weighted by Gasteiger charge is -2.23. The van der Waals surface area contributed by atoms with Gasteiger partial charge in [0.1, 0.15) is 0 Å². The Labute approximate surface area is 143 Å². The smallest absolute Gasteiger partial charge is 0.250 e. The molecular formula is C16H16N5O4-. The van der Waals surface area contributed by atoms with E-state index in [4.69, 9.17) is 0 Å². The second-order valence-electron chi connectivity index (χ2n) is 5.66. The number of rotatable bonds is 6. The number of benzene rings is 1. The molecule has 3 rings (SSSR count). The molecule has 9 heteroatoms. The predicted molar refractivity (Wildman–Crippen MR) is 85.3 cm³/mol. The number of carbonyl (C=O) groups excluding carboxylic acids is 3. The minimum atomic E-state index is -1.20. The summed E-state index contributed by atoms with van der Waals surface area (Å²) < 4.78 is 1.56. The van der Waals surface area contributed by atoms with Gasteiger partial charge in [0, 0.05) is 12.4 Å². The van der Waals surface area contributed by atoms with Crippen molar-refractivity contribution in [3.63, 3.8) is 0 Å². The zero-order valence-corrected chi connectivity index (χ0v) is 13.3. The van der Waals surface area contributed by atoms with Crippen molar-refractivity contribution in [2.24, 2.45) is 0 Å². The fraction of sp³-hybridized carbons (Fsp3) is 0.312. The number of fused-ring (bicyclic) bond motifs is 1. The minimum Gasteiger partial charge on any atom is -0.550 e. The molecule has 0 fully saturated rings. The maximum atomic E-state index is 11.9. The Morgan fingerprint density at radius 1 is 1.28 bits per heavy atom. The molecule has 1 aliphatic rings. The molecule has 1 atom stereocenters. The molecule has 2 aromatic rings. The van der Waals surface area contributed by atoms with Gasteiger partial charge in [-0.2, -0.15) is 4.98 Å². The Bertz CT molecular complexity index is 802. The molecule has 0 radical (unpaired) electrons. The molecule has 9 nitrogen and oxygen atoms in total. The SMILES string of the molecule is O=C([O-])CCCC(=O)Nc1nc2n(n1)[C@@H](c1ccccc1)CC(=O)N2. The Hall–Kier alpha value is -3.23. The third-order valence-corrected chi connectivity index (χ3v) is 3.78. The van der Waals surface area contributed by atoms with Gasteiger partial charge >= 0.3 is 0 Å². The number of carbonyl (C=O) groups is 3. The number of hydrogen-bond acceptors (Lipinski definition) is 6. The van der Waals surface area contributed by atoms with Crippen molar-refractivity contribution in [3.05, 3.63) is 35.9 Å². The molecule has 2 heterocycles. The Kier molecular flexibility index (Phi) is 4.73. The van der Waals surface area contributed by atoms with Gasteiger partial charge in [-0.1, -0.05) is 30.3 Å². The van der Waals surface area contributed by atoms with Crippen LogP contribution < -0.4 is 15.7 Å². The third kappa shape index (κ3) is 4.00. The zero-order chi connectivity index (χ0) is 17.8. The summed E-state index contributed by atoms with van der Waals surface area (Å²) >= 11 is 0. The molecule has 0 spiro atoms. The molecule has 2 N–H and O–H groups in total. The van der Waals surface area contributed by atoms with Gasteiger partial charge in [-0.25, -0.2) is 4.68 Å². The summed E-state index contributed by atoms with van der Waals surface area (Å²) in [5.74, 6) is -1.45. The lowest BCUT2D eigenvalue weighted by molar-refractivity contribution is -0.305. The summed E-state index contributed by atoms with van der Waals surface area (Å²) in [7, 11) is 0. The van der Waals surface area contributed by atoms with Crippen LogP contribution in [0.2, 0.25) is 0 Å². The van der Waals surface area contributed by atoms with E-state index in [1.165, 1.54) is 0 Å². The van der Waals surface area contributed by atoms with Gasteiger partial charge in [0.25, 0.3) is 5.95 Å². The van der Waals surface area contributed by atoms with Crippen LogP contribution in [0, 0.1) is 0 Å². The average Bonchev–Trinajstić information content (AvgIpc) is 2.96. The molecule has 0 aliphatic carbocycles. The van der Waals surface area contributed by atoms with Crippen LogP contribution in [0.1, 0.15) is 37.3 Å². The first-order chi connectivity index (χ1) is 12.0. The second-order valence-corrected chi connectivity index (χ2v) is 5.66. The van der Waals surface area contributed by atoms with Gasteiger partial charge in [-0.05, 0) is 18.4 Å². The molecule has 0 saturated carbocycles. The average molecular weight is 342 g/mol. The highest BCUT2D eigenvalue weighted by Crippen LogP contribution is 2.29. The fourth-order valence-electron chi connectivity index (χ4n) is 2.63. The van der Waals surface area contributed by atoms with Crippen molar-refractivity contribution in [1.29, 1.82) is 0 Å². The minimum absolute atomic E-state index is 0.0202. The first kappa shape index (κ1) is 16.6. The lowest BCUT2D eigenvalue weighted by Crippen LogP contribution is -2.29. The van der Waals surface area contributed by atoms with Crippen LogP contribution in [0.5, 0.6) is 0 Å². The van der Waals surface area contributed by atoms with Crippen LogP contribution in [0.3, 0.4) is 0 Å². The molecule has 0 unspecified atom stereocenters. The van der Waals surface area contributed by atoms with Crippen LogP contribution in [-0.4, -0.2) is 32.5 Å². The largest absolute Gasteiger partial charge is 0.550 e. The number of anilines is 2. The van der Waals surface area contributed by atoms with Crippen LogP contribution >= 0.6 is 0 Å². The molecule has 1 aromatic carbocycles. The van der Waals surface area contributed by atoms with Crippen molar-refractivity contribution in [2.45, 2.75) is 31.7 Å². The monoisotopic (exact) mass is 342 g/mol. The van der Waals surface area contributed by atoms with E-state index >= 15 is 0 Å². The number of carboxylic acid groups (broad SMARTS) is 1. The quantitative estimate of drug-likeness (QED) is 0.764. The van der Waals surface area contributed by atoms with E-state index in [1.54, 1.807) is 4.68 Å². The van der Waals surface area contributed by atoms with Gasteiger partial charge < -0.3 is 9.90 Å². The second kappa shape index (κ2) is 7.12. The maximum Gasteiger partial charge on any atom is 0.250 e.